The first-order valence-electron chi connectivity index (χ1n) is 9.84. The van der Waals surface area contributed by atoms with Gasteiger partial charge in [0.05, 0.1) is 21.7 Å². The number of anilines is 2. The number of pyridine rings is 1. The van der Waals surface area contributed by atoms with Crippen LogP contribution in [0.3, 0.4) is 0 Å². The van der Waals surface area contributed by atoms with Crippen LogP contribution in [0.2, 0.25) is 0 Å². The van der Waals surface area contributed by atoms with Crippen LogP contribution >= 0.6 is 0 Å². The third-order valence-electron chi connectivity index (χ3n) is 5.41. The molecule has 32 heavy (non-hydrogen) atoms. The van der Waals surface area contributed by atoms with E-state index in [9.17, 15) is 19.7 Å². The van der Waals surface area contributed by atoms with Crippen molar-refractivity contribution in [3.05, 3.63) is 105 Å². The number of carbonyl (C=O) groups is 2. The van der Waals surface area contributed by atoms with E-state index in [1.54, 1.807) is 30.5 Å². The minimum atomic E-state index is -0.571. The van der Waals surface area contributed by atoms with Gasteiger partial charge < -0.3 is 15.5 Å². The lowest BCUT2D eigenvalue weighted by molar-refractivity contribution is -0.384. The number of nitrogens with two attached hydrogens (primary N) is 1. The van der Waals surface area contributed by atoms with E-state index in [2.05, 4.69) is 5.32 Å². The SMILES string of the molecule is Cc1ccc(NC(=O)c2c(N)c(C(=O)c3cccc([N+](=O)[O-])c3)n3ccccc23)cc1C. The smallest absolute Gasteiger partial charge is 0.270 e. The highest BCUT2D eigenvalue weighted by atomic mass is 16.6. The van der Waals surface area contributed by atoms with Crippen molar-refractivity contribution in [2.24, 2.45) is 0 Å². The molecule has 4 aromatic rings. The molecule has 2 aromatic heterocycles. The van der Waals surface area contributed by atoms with Gasteiger partial charge in [-0.15, -0.1) is 0 Å². The number of nitro groups is 1. The number of amides is 1. The lowest BCUT2D eigenvalue weighted by Crippen LogP contribution is -2.14. The number of fused-ring (bicyclic) bond motifs is 1. The zero-order valence-electron chi connectivity index (χ0n) is 17.5. The molecule has 0 spiro atoms. The van der Waals surface area contributed by atoms with Gasteiger partial charge in [0.1, 0.15) is 5.69 Å². The van der Waals surface area contributed by atoms with Gasteiger partial charge in [-0.2, -0.15) is 0 Å². The number of nitrogens with zero attached hydrogens (tertiary/aromatic N) is 2. The van der Waals surface area contributed by atoms with Gasteiger partial charge in [0.15, 0.2) is 0 Å². The molecule has 0 aliphatic rings. The van der Waals surface area contributed by atoms with Crippen molar-refractivity contribution in [1.82, 2.24) is 4.40 Å². The molecule has 0 fully saturated rings. The van der Waals surface area contributed by atoms with Gasteiger partial charge in [-0.3, -0.25) is 19.7 Å². The molecule has 0 aliphatic heterocycles. The first-order valence-corrected chi connectivity index (χ1v) is 9.84. The summed E-state index contributed by atoms with van der Waals surface area (Å²) in [5.74, 6) is -0.967. The number of ketones is 1. The molecule has 160 valence electrons. The topological polar surface area (TPSA) is 120 Å². The number of hydrogen-bond acceptors (Lipinski definition) is 5. The van der Waals surface area contributed by atoms with Crippen molar-refractivity contribution >= 4 is 34.3 Å². The number of aryl methyl sites for hydroxylation is 2. The summed E-state index contributed by atoms with van der Waals surface area (Å²) in [4.78, 5) is 37.0. The number of non-ortho nitro benzene ring substituents is 1. The molecular weight excluding hydrogens is 408 g/mol. The van der Waals surface area contributed by atoms with E-state index < -0.39 is 16.6 Å². The van der Waals surface area contributed by atoms with Crippen LogP contribution in [-0.4, -0.2) is 21.0 Å². The van der Waals surface area contributed by atoms with E-state index in [0.717, 1.165) is 11.1 Å². The Morgan fingerprint density at radius 2 is 1.78 bits per heavy atom. The van der Waals surface area contributed by atoms with E-state index in [4.69, 9.17) is 5.73 Å². The van der Waals surface area contributed by atoms with Crippen LogP contribution in [0.5, 0.6) is 0 Å². The minimum Gasteiger partial charge on any atom is -0.396 e. The van der Waals surface area contributed by atoms with Crippen LogP contribution in [0.15, 0.2) is 66.9 Å². The summed E-state index contributed by atoms with van der Waals surface area (Å²) in [6.07, 6.45) is 1.63. The van der Waals surface area contributed by atoms with Gasteiger partial charge in [-0.25, -0.2) is 0 Å². The van der Waals surface area contributed by atoms with Gasteiger partial charge >= 0.3 is 0 Å². The maximum Gasteiger partial charge on any atom is 0.270 e. The van der Waals surface area contributed by atoms with Gasteiger partial charge in [-0.05, 0) is 49.2 Å². The van der Waals surface area contributed by atoms with Crippen molar-refractivity contribution in [1.29, 1.82) is 0 Å². The predicted molar refractivity (Wildman–Crippen MR) is 122 cm³/mol. The third-order valence-corrected chi connectivity index (χ3v) is 5.41. The molecule has 3 N–H and O–H groups in total. The van der Waals surface area contributed by atoms with E-state index >= 15 is 0 Å². The maximum atomic E-state index is 13.3. The lowest BCUT2D eigenvalue weighted by atomic mass is 10.1. The molecule has 0 unspecified atom stereocenters. The van der Waals surface area contributed by atoms with E-state index in [1.165, 1.54) is 28.7 Å². The Morgan fingerprint density at radius 1 is 1.00 bits per heavy atom. The highest BCUT2D eigenvalue weighted by molar-refractivity contribution is 6.20. The molecule has 2 aromatic carbocycles. The molecule has 8 heteroatoms. The number of nitro benzene ring substituents is 1. The molecule has 8 nitrogen and oxygen atoms in total. The van der Waals surface area contributed by atoms with E-state index in [1.807, 2.05) is 26.0 Å². The standard InChI is InChI=1S/C24H20N4O4/c1-14-9-10-17(12-15(14)2)26-24(30)20-19-8-3-4-11-27(19)22(21(20)25)23(29)16-6-5-7-18(13-16)28(31)32/h3-13H,25H2,1-2H3,(H,26,30). The fourth-order valence-electron chi connectivity index (χ4n) is 3.61. The number of nitrogen functional groups attached to an aromatic ring is 1. The van der Waals surface area contributed by atoms with Gasteiger partial charge in [0.2, 0.25) is 5.78 Å². The molecule has 0 radical (unpaired) electrons. The summed E-state index contributed by atoms with van der Waals surface area (Å²) >= 11 is 0. The number of carbonyl (C=O) groups excluding carboxylic acids is 2. The third kappa shape index (κ3) is 3.58. The molecule has 2 heterocycles. The van der Waals surface area contributed by atoms with Gasteiger partial charge in [0.25, 0.3) is 11.6 Å². The first-order chi connectivity index (χ1) is 15.3. The lowest BCUT2D eigenvalue weighted by Gasteiger charge is -2.08. The molecular formula is C24H20N4O4. The predicted octanol–water partition coefficient (Wildman–Crippen LogP) is 4.53. The summed E-state index contributed by atoms with van der Waals surface area (Å²) in [7, 11) is 0. The second kappa shape index (κ2) is 7.99. The van der Waals surface area contributed by atoms with Gasteiger partial charge in [-0.1, -0.05) is 24.3 Å². The first kappa shape index (κ1) is 20.8. The molecule has 4 rings (SSSR count). The number of aromatic nitrogens is 1. The van der Waals surface area contributed by atoms with E-state index in [0.29, 0.717) is 11.2 Å². The maximum absolute atomic E-state index is 13.3. The summed E-state index contributed by atoms with van der Waals surface area (Å²) in [5, 5.41) is 14.0. The molecule has 0 saturated heterocycles. The second-order valence-corrected chi connectivity index (χ2v) is 7.48. The summed E-state index contributed by atoms with van der Waals surface area (Å²) < 4.78 is 1.53. The Labute approximate surface area is 183 Å². The number of nitrogens with one attached hydrogen (secondary N) is 1. The van der Waals surface area contributed by atoms with E-state index in [-0.39, 0.29) is 28.2 Å². The van der Waals surface area contributed by atoms with Crippen molar-refractivity contribution in [2.75, 3.05) is 11.1 Å². The average molecular weight is 428 g/mol. The second-order valence-electron chi connectivity index (χ2n) is 7.48. The normalized spacial score (nSPS) is 10.8. The van der Waals surface area contributed by atoms with Crippen LogP contribution in [0.4, 0.5) is 17.1 Å². The van der Waals surface area contributed by atoms with Crippen molar-refractivity contribution in [2.45, 2.75) is 13.8 Å². The fourth-order valence-corrected chi connectivity index (χ4v) is 3.61. The number of rotatable bonds is 5. The molecule has 1 amide bonds. The largest absolute Gasteiger partial charge is 0.396 e. The average Bonchev–Trinajstić information content (AvgIpc) is 3.07. The van der Waals surface area contributed by atoms with Crippen LogP contribution < -0.4 is 11.1 Å². The van der Waals surface area contributed by atoms with Crippen molar-refractivity contribution < 1.29 is 14.5 Å². The monoisotopic (exact) mass is 428 g/mol. The molecule has 0 atom stereocenters. The van der Waals surface area contributed by atoms with Crippen LogP contribution in [0.25, 0.3) is 5.52 Å². The molecule has 0 bridgehead atoms. The highest BCUT2D eigenvalue weighted by Gasteiger charge is 2.27. The summed E-state index contributed by atoms with van der Waals surface area (Å²) in [5.41, 5.74) is 9.67. The Balaban J connectivity index is 1.80. The molecule has 0 saturated carbocycles. The highest BCUT2D eigenvalue weighted by Crippen LogP contribution is 2.30. The van der Waals surface area contributed by atoms with Crippen LogP contribution in [0.1, 0.15) is 37.5 Å². The van der Waals surface area contributed by atoms with Gasteiger partial charge in [0, 0.05) is 29.6 Å². The Bertz CT molecular complexity index is 1400. The number of benzene rings is 2. The zero-order valence-corrected chi connectivity index (χ0v) is 17.5. The molecule has 0 aliphatic carbocycles. The quantitative estimate of drug-likeness (QED) is 0.275. The summed E-state index contributed by atoms with van der Waals surface area (Å²) in [6.45, 7) is 3.93. The van der Waals surface area contributed by atoms with Crippen LogP contribution in [-0.2, 0) is 0 Å². The van der Waals surface area contributed by atoms with Crippen molar-refractivity contribution in [3.63, 3.8) is 0 Å². The Morgan fingerprint density at radius 3 is 2.50 bits per heavy atom. The Kier molecular flexibility index (Phi) is 5.19. The zero-order chi connectivity index (χ0) is 23.0. The minimum absolute atomic E-state index is 0.00837. The van der Waals surface area contributed by atoms with Crippen molar-refractivity contribution in [3.8, 4) is 0 Å². The Hall–Kier alpha value is -4.46. The summed E-state index contributed by atoms with van der Waals surface area (Å²) in [6, 6.07) is 16.1. The number of hydrogen-bond donors (Lipinski definition) is 2. The fraction of sp³-hybridized carbons (Fsp3) is 0.0833. The van der Waals surface area contributed by atoms with Crippen LogP contribution in [0, 0.1) is 24.0 Å².